The summed E-state index contributed by atoms with van der Waals surface area (Å²) in [5.41, 5.74) is 5.77. The Morgan fingerprint density at radius 3 is 1.75 bits per heavy atom. The number of rotatable bonds is 5. The van der Waals surface area contributed by atoms with Gasteiger partial charge in [0.05, 0.1) is 0 Å². The van der Waals surface area contributed by atoms with E-state index in [0.717, 1.165) is 19.0 Å². The van der Waals surface area contributed by atoms with Gasteiger partial charge < -0.3 is 5.73 Å². The third-order valence-corrected chi connectivity index (χ3v) is 1.85. The van der Waals surface area contributed by atoms with Gasteiger partial charge in [0.25, 0.3) is 0 Å². The van der Waals surface area contributed by atoms with Gasteiger partial charge in [0.2, 0.25) is 0 Å². The molecule has 0 aromatic rings. The number of hydrogen-bond donors (Lipinski definition) is 1. The van der Waals surface area contributed by atoms with Gasteiger partial charge in [0, 0.05) is 25.2 Å². The predicted molar refractivity (Wildman–Crippen MR) is 55.2 cm³/mol. The molecule has 74 valence electrons. The Morgan fingerprint density at radius 2 is 1.50 bits per heavy atom. The molecule has 0 rings (SSSR count). The lowest BCUT2D eigenvalue weighted by Gasteiger charge is -2.29. The van der Waals surface area contributed by atoms with Crippen LogP contribution in [0.15, 0.2) is 0 Å². The summed E-state index contributed by atoms with van der Waals surface area (Å²) < 4.78 is 0. The zero-order chi connectivity index (χ0) is 9.72. The topological polar surface area (TPSA) is 29.3 Å². The van der Waals surface area contributed by atoms with Gasteiger partial charge in [-0.05, 0) is 26.7 Å². The highest BCUT2D eigenvalue weighted by Gasteiger charge is 2.12. The SMILES string of the molecule is CC(C)CN(C[C@@H](C)N)C(C)C. The average Bonchev–Trinajstić information content (AvgIpc) is 1.83. The molecule has 0 aromatic carbocycles. The lowest BCUT2D eigenvalue weighted by atomic mass is 10.1. The molecule has 0 saturated heterocycles. The highest BCUT2D eigenvalue weighted by Crippen LogP contribution is 2.04. The van der Waals surface area contributed by atoms with Crippen LogP contribution in [-0.4, -0.2) is 30.1 Å². The monoisotopic (exact) mass is 172 g/mol. The van der Waals surface area contributed by atoms with Gasteiger partial charge in [-0.2, -0.15) is 0 Å². The Balaban J connectivity index is 3.87. The van der Waals surface area contributed by atoms with E-state index in [-0.39, 0.29) is 6.04 Å². The molecule has 0 aliphatic rings. The first-order valence-electron chi connectivity index (χ1n) is 4.93. The van der Waals surface area contributed by atoms with Crippen molar-refractivity contribution >= 4 is 0 Å². The third-order valence-electron chi connectivity index (χ3n) is 1.85. The number of nitrogens with two attached hydrogens (primary N) is 1. The van der Waals surface area contributed by atoms with Gasteiger partial charge in [-0.3, -0.25) is 4.90 Å². The molecule has 0 unspecified atom stereocenters. The maximum atomic E-state index is 5.77. The average molecular weight is 172 g/mol. The molecule has 2 N–H and O–H groups in total. The highest BCUT2D eigenvalue weighted by molar-refractivity contribution is 4.68. The van der Waals surface area contributed by atoms with E-state index in [9.17, 15) is 0 Å². The van der Waals surface area contributed by atoms with Crippen LogP contribution in [-0.2, 0) is 0 Å². The maximum Gasteiger partial charge on any atom is 0.0139 e. The second kappa shape index (κ2) is 5.55. The number of hydrogen-bond acceptors (Lipinski definition) is 2. The summed E-state index contributed by atoms with van der Waals surface area (Å²) in [6.45, 7) is 13.2. The van der Waals surface area contributed by atoms with Crippen LogP contribution in [0.2, 0.25) is 0 Å². The first-order chi connectivity index (χ1) is 5.43. The molecule has 2 heteroatoms. The van der Waals surface area contributed by atoms with Crippen molar-refractivity contribution < 1.29 is 0 Å². The van der Waals surface area contributed by atoms with E-state index in [1.165, 1.54) is 0 Å². The summed E-state index contributed by atoms with van der Waals surface area (Å²) >= 11 is 0. The molecular formula is C10H24N2. The van der Waals surface area contributed by atoms with Gasteiger partial charge in [0.15, 0.2) is 0 Å². The van der Waals surface area contributed by atoms with Gasteiger partial charge in [-0.15, -0.1) is 0 Å². The molecule has 0 bridgehead atoms. The maximum absolute atomic E-state index is 5.77. The normalized spacial score (nSPS) is 14.8. The summed E-state index contributed by atoms with van der Waals surface area (Å²) in [5.74, 6) is 0.728. The number of nitrogens with zero attached hydrogens (tertiary/aromatic N) is 1. The zero-order valence-electron chi connectivity index (χ0n) is 9.17. The summed E-state index contributed by atoms with van der Waals surface area (Å²) in [5, 5.41) is 0. The molecule has 0 aromatic heterocycles. The Kier molecular flexibility index (Phi) is 5.51. The van der Waals surface area contributed by atoms with Gasteiger partial charge in [0.1, 0.15) is 0 Å². The third kappa shape index (κ3) is 5.56. The van der Waals surface area contributed by atoms with Crippen LogP contribution in [0.4, 0.5) is 0 Å². The summed E-state index contributed by atoms with van der Waals surface area (Å²) in [6.07, 6.45) is 0. The van der Waals surface area contributed by atoms with E-state index >= 15 is 0 Å². The van der Waals surface area contributed by atoms with Crippen LogP contribution in [0, 0.1) is 5.92 Å². The minimum Gasteiger partial charge on any atom is -0.327 e. The second-order valence-corrected chi connectivity index (χ2v) is 4.42. The van der Waals surface area contributed by atoms with Crippen LogP contribution in [0.3, 0.4) is 0 Å². The standard InChI is InChI=1S/C10H24N2/c1-8(2)6-12(9(3)4)7-10(5)11/h8-10H,6-7,11H2,1-5H3/t10-/m1/s1. The molecule has 1 atom stereocenters. The fraction of sp³-hybridized carbons (Fsp3) is 1.00. The van der Waals surface area contributed by atoms with Crippen molar-refractivity contribution in [2.75, 3.05) is 13.1 Å². The molecule has 2 nitrogen and oxygen atoms in total. The van der Waals surface area contributed by atoms with E-state index in [2.05, 4.69) is 39.5 Å². The fourth-order valence-corrected chi connectivity index (χ4v) is 1.34. The Morgan fingerprint density at radius 1 is 1.00 bits per heavy atom. The molecule has 0 amide bonds. The highest BCUT2D eigenvalue weighted by atomic mass is 15.2. The first-order valence-corrected chi connectivity index (χ1v) is 4.93. The van der Waals surface area contributed by atoms with Crippen molar-refractivity contribution in [3.8, 4) is 0 Å². The quantitative estimate of drug-likeness (QED) is 0.684. The smallest absolute Gasteiger partial charge is 0.0139 e. The van der Waals surface area contributed by atoms with Crippen molar-refractivity contribution in [3.05, 3.63) is 0 Å². The van der Waals surface area contributed by atoms with Crippen molar-refractivity contribution in [1.82, 2.24) is 4.90 Å². The Bertz CT molecular complexity index is 98.4. The van der Waals surface area contributed by atoms with Gasteiger partial charge >= 0.3 is 0 Å². The fourth-order valence-electron chi connectivity index (χ4n) is 1.34. The van der Waals surface area contributed by atoms with Crippen molar-refractivity contribution in [2.45, 2.75) is 46.7 Å². The van der Waals surface area contributed by atoms with Crippen LogP contribution in [0.1, 0.15) is 34.6 Å². The van der Waals surface area contributed by atoms with Crippen LogP contribution < -0.4 is 5.73 Å². The van der Waals surface area contributed by atoms with Gasteiger partial charge in [-0.25, -0.2) is 0 Å². The molecule has 12 heavy (non-hydrogen) atoms. The largest absolute Gasteiger partial charge is 0.327 e. The molecule has 0 saturated carbocycles. The Hall–Kier alpha value is -0.0800. The molecule has 0 radical (unpaired) electrons. The van der Waals surface area contributed by atoms with E-state index < -0.39 is 0 Å². The first kappa shape index (κ1) is 11.9. The minimum absolute atomic E-state index is 0.283. The van der Waals surface area contributed by atoms with Crippen molar-refractivity contribution in [3.63, 3.8) is 0 Å². The van der Waals surface area contributed by atoms with Crippen LogP contribution >= 0.6 is 0 Å². The van der Waals surface area contributed by atoms with E-state index in [1.807, 2.05) is 0 Å². The lowest BCUT2D eigenvalue weighted by Crippen LogP contribution is -2.41. The predicted octanol–water partition coefficient (Wildman–Crippen LogP) is 1.70. The molecular weight excluding hydrogens is 148 g/mol. The van der Waals surface area contributed by atoms with E-state index in [1.54, 1.807) is 0 Å². The zero-order valence-corrected chi connectivity index (χ0v) is 9.17. The summed E-state index contributed by atoms with van der Waals surface area (Å²) in [6, 6.07) is 0.893. The molecule has 0 aliphatic heterocycles. The Labute approximate surface area is 77.1 Å². The lowest BCUT2D eigenvalue weighted by molar-refractivity contribution is 0.189. The molecule has 0 aliphatic carbocycles. The minimum atomic E-state index is 0.283. The van der Waals surface area contributed by atoms with Gasteiger partial charge in [-0.1, -0.05) is 13.8 Å². The summed E-state index contributed by atoms with van der Waals surface area (Å²) in [7, 11) is 0. The van der Waals surface area contributed by atoms with Crippen LogP contribution in [0.25, 0.3) is 0 Å². The van der Waals surface area contributed by atoms with E-state index in [0.29, 0.717) is 6.04 Å². The summed E-state index contributed by atoms with van der Waals surface area (Å²) in [4.78, 5) is 2.44. The van der Waals surface area contributed by atoms with Crippen molar-refractivity contribution in [2.24, 2.45) is 11.7 Å². The molecule has 0 spiro atoms. The second-order valence-electron chi connectivity index (χ2n) is 4.42. The molecule has 0 heterocycles. The van der Waals surface area contributed by atoms with Crippen molar-refractivity contribution in [1.29, 1.82) is 0 Å². The van der Waals surface area contributed by atoms with E-state index in [4.69, 9.17) is 5.73 Å². The van der Waals surface area contributed by atoms with Crippen LogP contribution in [0.5, 0.6) is 0 Å². The molecule has 0 fully saturated rings.